The van der Waals surface area contributed by atoms with Crippen LogP contribution >= 0.6 is 35.3 Å². The molecule has 0 radical (unpaired) electrons. The number of fused-ring (bicyclic) bond motifs is 1. The van der Waals surface area contributed by atoms with Crippen molar-refractivity contribution < 1.29 is 5.11 Å². The second-order valence-electron chi connectivity index (χ2n) is 6.77. The molecule has 162 valence electrons. The number of nitrogen functional groups attached to an aromatic ring is 1. The Labute approximate surface area is 195 Å². The van der Waals surface area contributed by atoms with Crippen LogP contribution < -0.4 is 17.0 Å². The summed E-state index contributed by atoms with van der Waals surface area (Å²) >= 11 is 7.79. The van der Waals surface area contributed by atoms with E-state index < -0.39 is 11.2 Å². The van der Waals surface area contributed by atoms with Gasteiger partial charge in [-0.1, -0.05) is 29.8 Å². The zero-order valence-corrected chi connectivity index (χ0v) is 18.5. The molecule has 8 nitrogen and oxygen atoms in total. The third kappa shape index (κ3) is 3.56. The first-order valence-electron chi connectivity index (χ1n) is 9.10. The molecular formula is C21H15Cl2N5O3S. The quantitative estimate of drug-likeness (QED) is 0.355. The average molecular weight is 488 g/mol. The zero-order valence-electron chi connectivity index (χ0n) is 16.2. The van der Waals surface area contributed by atoms with Crippen molar-refractivity contribution in [3.8, 4) is 28.4 Å². The Hall–Kier alpha value is -3.53. The fraction of sp³-hybridized carbons (Fsp3) is 0. The minimum absolute atomic E-state index is 0. The van der Waals surface area contributed by atoms with Crippen molar-refractivity contribution in [3.05, 3.63) is 86.0 Å². The molecule has 2 aromatic carbocycles. The van der Waals surface area contributed by atoms with Crippen molar-refractivity contribution in [1.82, 2.24) is 19.1 Å². The molecule has 0 spiro atoms. The molecule has 0 saturated carbocycles. The summed E-state index contributed by atoms with van der Waals surface area (Å²) in [6, 6.07) is 14.8. The van der Waals surface area contributed by atoms with Gasteiger partial charge in [0.15, 0.2) is 5.13 Å². The van der Waals surface area contributed by atoms with Gasteiger partial charge in [0.25, 0.3) is 5.56 Å². The lowest BCUT2D eigenvalue weighted by Crippen LogP contribution is -2.34. The van der Waals surface area contributed by atoms with Gasteiger partial charge in [0.05, 0.1) is 16.9 Å². The van der Waals surface area contributed by atoms with E-state index in [4.69, 9.17) is 17.3 Å². The molecule has 3 heterocycles. The molecule has 4 N–H and O–H groups in total. The van der Waals surface area contributed by atoms with E-state index in [0.717, 1.165) is 15.8 Å². The van der Waals surface area contributed by atoms with Crippen molar-refractivity contribution in [2.75, 3.05) is 5.73 Å². The van der Waals surface area contributed by atoms with Gasteiger partial charge in [-0.2, -0.15) is 0 Å². The first-order chi connectivity index (χ1) is 14.9. The van der Waals surface area contributed by atoms with E-state index in [2.05, 4.69) is 9.97 Å². The zero-order chi connectivity index (χ0) is 21.7. The number of aromatic nitrogens is 4. The smallest absolute Gasteiger partial charge is 0.333 e. The van der Waals surface area contributed by atoms with Gasteiger partial charge < -0.3 is 15.8 Å². The number of phenols is 1. The molecule has 5 aromatic rings. The molecule has 0 atom stereocenters. The van der Waals surface area contributed by atoms with Crippen LogP contribution in [0.2, 0.25) is 5.15 Å². The van der Waals surface area contributed by atoms with Crippen LogP contribution in [0.5, 0.6) is 5.75 Å². The van der Waals surface area contributed by atoms with E-state index in [1.54, 1.807) is 28.8 Å². The maximum absolute atomic E-state index is 13.3. The summed E-state index contributed by atoms with van der Waals surface area (Å²) in [6.07, 6.45) is 0. The number of benzene rings is 2. The molecule has 0 aliphatic carbocycles. The molecule has 0 unspecified atom stereocenters. The average Bonchev–Trinajstić information content (AvgIpc) is 3.31. The molecule has 0 aliphatic heterocycles. The van der Waals surface area contributed by atoms with Gasteiger partial charge in [-0.15, -0.1) is 23.7 Å². The van der Waals surface area contributed by atoms with Crippen LogP contribution in [0.3, 0.4) is 0 Å². The molecule has 5 rings (SSSR count). The number of rotatable bonds is 3. The number of halogens is 2. The van der Waals surface area contributed by atoms with Crippen LogP contribution in [-0.4, -0.2) is 24.2 Å². The molecule has 0 saturated heterocycles. The normalized spacial score (nSPS) is 10.9. The second kappa shape index (κ2) is 8.19. The summed E-state index contributed by atoms with van der Waals surface area (Å²) in [7, 11) is 0. The molecule has 3 aromatic heterocycles. The number of hydrogen-bond donors (Lipinski definition) is 3. The van der Waals surface area contributed by atoms with Gasteiger partial charge in [0, 0.05) is 22.7 Å². The molecule has 11 heteroatoms. The summed E-state index contributed by atoms with van der Waals surface area (Å²) in [4.78, 5) is 32.9. The van der Waals surface area contributed by atoms with Crippen molar-refractivity contribution in [1.29, 1.82) is 0 Å². The first-order valence-corrected chi connectivity index (χ1v) is 10.4. The molecular weight excluding hydrogens is 473 g/mol. The van der Waals surface area contributed by atoms with Gasteiger partial charge in [0.1, 0.15) is 16.4 Å². The molecule has 32 heavy (non-hydrogen) atoms. The largest absolute Gasteiger partial charge is 0.508 e. The first kappa shape index (κ1) is 21.7. The van der Waals surface area contributed by atoms with E-state index in [0.29, 0.717) is 16.3 Å². The number of nitrogens with one attached hydrogen (secondary N) is 1. The number of H-pyrrole nitrogens is 1. The van der Waals surface area contributed by atoms with Crippen molar-refractivity contribution in [2.24, 2.45) is 0 Å². The molecule has 0 bridgehead atoms. The van der Waals surface area contributed by atoms with Crippen LogP contribution in [0.15, 0.2) is 69.6 Å². The summed E-state index contributed by atoms with van der Waals surface area (Å²) in [6.45, 7) is 0. The predicted molar refractivity (Wildman–Crippen MR) is 129 cm³/mol. The monoisotopic (exact) mass is 487 g/mol. The number of aromatic amines is 1. The second-order valence-corrected chi connectivity index (χ2v) is 8.05. The summed E-state index contributed by atoms with van der Waals surface area (Å²) in [5.74, 6) is -0.0597. The van der Waals surface area contributed by atoms with Crippen molar-refractivity contribution in [3.63, 3.8) is 0 Å². The molecule has 0 fully saturated rings. The standard InChI is InChI=1S/C21H14ClN5O3S.ClH/c22-17-9-15-18(19(29)27(21(30)25-15)13-2-1-3-14(28)8-13)26(17)12-6-4-11(5-7-12)16-10-31-20(23)24-16;/h1-10,28H,(H2,23,24)(H,25,30);1H. The van der Waals surface area contributed by atoms with E-state index in [1.807, 2.05) is 17.5 Å². The fourth-order valence-electron chi connectivity index (χ4n) is 3.48. The van der Waals surface area contributed by atoms with Gasteiger partial charge in [-0.25, -0.2) is 14.3 Å². The lowest BCUT2D eigenvalue weighted by atomic mass is 10.1. The lowest BCUT2D eigenvalue weighted by molar-refractivity contribution is 0.475. The van der Waals surface area contributed by atoms with Crippen molar-refractivity contribution >= 4 is 51.5 Å². The number of aromatic hydroxyl groups is 1. The minimum atomic E-state index is -0.631. The van der Waals surface area contributed by atoms with Crippen LogP contribution in [0.1, 0.15) is 0 Å². The maximum Gasteiger partial charge on any atom is 0.333 e. The third-order valence-corrected chi connectivity index (χ3v) is 5.79. The van der Waals surface area contributed by atoms with Crippen LogP contribution in [0, 0.1) is 0 Å². The fourth-order valence-corrected chi connectivity index (χ4v) is 4.34. The number of phenolic OH excluding ortho intramolecular Hbond substituents is 1. The highest BCUT2D eigenvalue weighted by molar-refractivity contribution is 7.13. The topological polar surface area (TPSA) is 119 Å². The maximum atomic E-state index is 13.3. The van der Waals surface area contributed by atoms with E-state index >= 15 is 0 Å². The van der Waals surface area contributed by atoms with Gasteiger partial charge in [0.2, 0.25) is 0 Å². The Kier molecular flexibility index (Phi) is 5.55. The highest BCUT2D eigenvalue weighted by Gasteiger charge is 2.18. The Morgan fingerprint density at radius 3 is 2.44 bits per heavy atom. The Morgan fingerprint density at radius 1 is 1.03 bits per heavy atom. The number of thiazole rings is 1. The van der Waals surface area contributed by atoms with E-state index in [1.165, 1.54) is 29.5 Å². The van der Waals surface area contributed by atoms with E-state index in [-0.39, 0.29) is 34.5 Å². The number of anilines is 1. The lowest BCUT2D eigenvalue weighted by Gasteiger charge is -2.10. The Morgan fingerprint density at radius 2 is 1.78 bits per heavy atom. The highest BCUT2D eigenvalue weighted by Crippen LogP contribution is 2.28. The third-order valence-electron chi connectivity index (χ3n) is 4.84. The van der Waals surface area contributed by atoms with Crippen LogP contribution in [0.4, 0.5) is 5.13 Å². The number of nitrogens with two attached hydrogens (primary N) is 1. The van der Waals surface area contributed by atoms with Gasteiger partial charge >= 0.3 is 5.69 Å². The number of hydrogen-bond acceptors (Lipinski definition) is 6. The molecule has 0 amide bonds. The highest BCUT2D eigenvalue weighted by atomic mass is 35.5. The van der Waals surface area contributed by atoms with Gasteiger partial charge in [-0.3, -0.25) is 9.36 Å². The van der Waals surface area contributed by atoms with Crippen LogP contribution in [0.25, 0.3) is 33.7 Å². The Bertz CT molecular complexity index is 1570. The van der Waals surface area contributed by atoms with E-state index in [9.17, 15) is 14.7 Å². The van der Waals surface area contributed by atoms with Crippen LogP contribution in [-0.2, 0) is 0 Å². The summed E-state index contributed by atoms with van der Waals surface area (Å²) in [5.41, 5.74) is 7.55. The summed E-state index contributed by atoms with van der Waals surface area (Å²) in [5, 5.41) is 12.4. The van der Waals surface area contributed by atoms with Gasteiger partial charge in [-0.05, 0) is 30.3 Å². The van der Waals surface area contributed by atoms with Crippen molar-refractivity contribution in [2.45, 2.75) is 0 Å². The molecule has 0 aliphatic rings. The minimum Gasteiger partial charge on any atom is -0.508 e. The predicted octanol–water partition coefficient (Wildman–Crippen LogP) is 3.96. The Balaban J connectivity index is 0.00000245. The summed E-state index contributed by atoms with van der Waals surface area (Å²) < 4.78 is 2.52. The number of nitrogens with zero attached hydrogens (tertiary/aromatic N) is 3. The SMILES string of the molecule is Cl.Nc1nc(-c2ccc(-n3c(Cl)cc4[nH]c(=O)n(-c5cccc(O)c5)c(=O)c43)cc2)cs1.